The molecular formula is C19H17BrN4OS. The summed E-state index contributed by atoms with van der Waals surface area (Å²) in [6.45, 7) is 3.73. The van der Waals surface area contributed by atoms with Gasteiger partial charge in [-0.15, -0.1) is 11.7 Å². The van der Waals surface area contributed by atoms with Gasteiger partial charge in [-0.05, 0) is 23.8 Å². The molecule has 2 aliphatic rings. The lowest BCUT2D eigenvalue weighted by Gasteiger charge is -2.43. The summed E-state index contributed by atoms with van der Waals surface area (Å²) in [4.78, 5) is 12.9. The number of fused-ring (bicyclic) bond motifs is 3. The number of anilines is 1. The number of amides is 1. The molecule has 26 heavy (non-hydrogen) atoms. The molecule has 0 aromatic heterocycles. The number of carbonyl (C=O) groups excluding carboxylic acids is 1. The molecule has 5 nitrogen and oxygen atoms in total. The van der Waals surface area contributed by atoms with E-state index >= 15 is 0 Å². The second-order valence-corrected chi connectivity index (χ2v) is 7.89. The summed E-state index contributed by atoms with van der Waals surface area (Å²) in [6.07, 6.45) is 1.55. The molecule has 2 aliphatic heterocycles. The third kappa shape index (κ3) is 3.12. The minimum absolute atomic E-state index is 0.0690. The number of thioether (sulfide) groups is 1. The zero-order chi connectivity index (χ0) is 18.1. The monoisotopic (exact) mass is 428 g/mol. The lowest BCUT2D eigenvalue weighted by Crippen LogP contribution is -2.50. The van der Waals surface area contributed by atoms with Crippen LogP contribution in [0.4, 0.5) is 5.69 Å². The molecule has 0 unspecified atom stereocenters. The summed E-state index contributed by atoms with van der Waals surface area (Å²) in [5, 5.41) is 13.6. The third-order valence-electron chi connectivity index (χ3n) is 4.26. The number of halogens is 1. The number of amidine groups is 1. The minimum Gasteiger partial charge on any atom is -0.360 e. The first kappa shape index (κ1) is 17.2. The van der Waals surface area contributed by atoms with Crippen molar-refractivity contribution in [2.24, 2.45) is 5.10 Å². The first-order chi connectivity index (χ1) is 12.7. The first-order valence-corrected chi connectivity index (χ1v) is 9.97. The fourth-order valence-corrected chi connectivity index (χ4v) is 4.19. The molecule has 132 valence electrons. The number of hydrazone groups is 1. The van der Waals surface area contributed by atoms with Gasteiger partial charge in [0.25, 0.3) is 5.91 Å². The predicted octanol–water partition coefficient (Wildman–Crippen LogP) is 4.24. The van der Waals surface area contributed by atoms with E-state index < -0.39 is 6.04 Å². The Bertz CT molecular complexity index is 901. The van der Waals surface area contributed by atoms with Crippen LogP contribution in [-0.2, 0) is 4.79 Å². The van der Waals surface area contributed by atoms with Gasteiger partial charge in [0.2, 0.25) is 0 Å². The molecule has 0 saturated carbocycles. The lowest BCUT2D eigenvalue weighted by molar-refractivity contribution is -0.127. The normalized spacial score (nSPS) is 21.0. The largest absolute Gasteiger partial charge is 0.360 e. The van der Waals surface area contributed by atoms with E-state index in [9.17, 15) is 4.79 Å². The van der Waals surface area contributed by atoms with E-state index in [-0.39, 0.29) is 12.1 Å². The summed E-state index contributed by atoms with van der Waals surface area (Å²) in [6, 6.07) is 15.4. The van der Waals surface area contributed by atoms with Crippen molar-refractivity contribution in [1.82, 2.24) is 10.3 Å². The van der Waals surface area contributed by atoms with E-state index in [2.05, 4.69) is 33.1 Å². The van der Waals surface area contributed by atoms with E-state index in [1.807, 2.05) is 53.5 Å². The Labute approximate surface area is 164 Å². The number of nitrogens with zero attached hydrogens (tertiary/aromatic N) is 2. The van der Waals surface area contributed by atoms with Gasteiger partial charge in [0, 0.05) is 21.5 Å². The van der Waals surface area contributed by atoms with Crippen molar-refractivity contribution in [3.05, 3.63) is 76.8 Å². The fraction of sp³-hybridized carbons (Fsp3) is 0.158. The molecule has 7 heteroatoms. The van der Waals surface area contributed by atoms with Crippen molar-refractivity contribution in [1.29, 1.82) is 0 Å². The molecule has 1 amide bonds. The maximum Gasteiger partial charge on any atom is 0.255 e. The molecule has 2 N–H and O–H groups in total. The van der Waals surface area contributed by atoms with Crippen LogP contribution in [0.15, 0.2) is 70.8 Å². The van der Waals surface area contributed by atoms with Crippen molar-refractivity contribution >= 4 is 44.5 Å². The average Bonchev–Trinajstić information content (AvgIpc) is 2.65. The fourth-order valence-electron chi connectivity index (χ4n) is 3.17. The molecule has 4 rings (SSSR count). The molecule has 2 aromatic rings. The smallest absolute Gasteiger partial charge is 0.255 e. The zero-order valence-corrected chi connectivity index (χ0v) is 16.3. The Morgan fingerprint density at radius 3 is 2.92 bits per heavy atom. The van der Waals surface area contributed by atoms with Gasteiger partial charge in [0.1, 0.15) is 6.17 Å². The molecule has 2 aromatic carbocycles. The Kier molecular flexibility index (Phi) is 4.74. The van der Waals surface area contributed by atoms with Gasteiger partial charge >= 0.3 is 0 Å². The van der Waals surface area contributed by atoms with E-state index in [4.69, 9.17) is 5.10 Å². The van der Waals surface area contributed by atoms with Gasteiger partial charge in [-0.25, -0.2) is 0 Å². The van der Waals surface area contributed by atoms with E-state index in [1.54, 1.807) is 6.08 Å². The van der Waals surface area contributed by atoms with E-state index in [0.717, 1.165) is 21.3 Å². The minimum atomic E-state index is -0.468. The molecule has 2 heterocycles. The van der Waals surface area contributed by atoms with Crippen LogP contribution in [-0.4, -0.2) is 21.8 Å². The van der Waals surface area contributed by atoms with Crippen LogP contribution >= 0.6 is 27.7 Å². The van der Waals surface area contributed by atoms with Gasteiger partial charge in [-0.1, -0.05) is 64.1 Å². The number of hydrogen-bond donors (Lipinski definition) is 2. The zero-order valence-electron chi connectivity index (χ0n) is 13.9. The van der Waals surface area contributed by atoms with E-state index in [0.29, 0.717) is 10.9 Å². The number of benzene rings is 2. The summed E-state index contributed by atoms with van der Waals surface area (Å²) >= 11 is 4.99. The number of hydrogen-bond acceptors (Lipinski definition) is 5. The molecule has 0 spiro atoms. The predicted molar refractivity (Wildman–Crippen MR) is 110 cm³/mol. The van der Waals surface area contributed by atoms with Crippen molar-refractivity contribution in [2.75, 3.05) is 11.1 Å². The molecule has 0 radical (unpaired) electrons. The summed E-state index contributed by atoms with van der Waals surface area (Å²) < 4.78 is 0.985. The molecule has 0 fully saturated rings. The maximum absolute atomic E-state index is 12.9. The van der Waals surface area contributed by atoms with Gasteiger partial charge in [-0.3, -0.25) is 9.80 Å². The molecular weight excluding hydrogens is 412 g/mol. The van der Waals surface area contributed by atoms with Crippen LogP contribution in [0, 0.1) is 0 Å². The molecule has 0 saturated heterocycles. The standard InChI is InChI=1S/C19H17BrN4OS/c1-2-10-26-19-22-18(25)16-14-8-3-4-9-15(14)21-17(24(16)23-19)12-6-5-7-13(20)11-12/h2-9,11,16-17,21H,1,10H2,(H,22,23,25)/t16-,17-/m0/s1. The Morgan fingerprint density at radius 2 is 2.12 bits per heavy atom. The second-order valence-electron chi connectivity index (χ2n) is 5.97. The summed E-state index contributed by atoms with van der Waals surface area (Å²) in [7, 11) is 0. The van der Waals surface area contributed by atoms with Gasteiger partial charge in [0.05, 0.1) is 0 Å². The molecule has 0 aliphatic carbocycles. The maximum atomic E-state index is 12.9. The quantitative estimate of drug-likeness (QED) is 0.717. The Hall–Kier alpha value is -2.25. The number of para-hydroxylation sites is 1. The highest BCUT2D eigenvalue weighted by Crippen LogP contribution is 2.42. The first-order valence-electron chi connectivity index (χ1n) is 8.20. The van der Waals surface area contributed by atoms with Crippen molar-refractivity contribution in [3.8, 4) is 0 Å². The topological polar surface area (TPSA) is 56.7 Å². The second kappa shape index (κ2) is 7.17. The van der Waals surface area contributed by atoms with Gasteiger partial charge in [-0.2, -0.15) is 0 Å². The van der Waals surface area contributed by atoms with Crippen LogP contribution in [0.3, 0.4) is 0 Å². The Balaban J connectivity index is 1.81. The Morgan fingerprint density at radius 1 is 1.27 bits per heavy atom. The van der Waals surface area contributed by atoms with Crippen LogP contribution < -0.4 is 10.6 Å². The highest BCUT2D eigenvalue weighted by molar-refractivity contribution is 9.10. The van der Waals surface area contributed by atoms with Crippen molar-refractivity contribution in [3.63, 3.8) is 0 Å². The SMILES string of the molecule is C=CCSC1=NN2[C@@H](c3cccc(Br)c3)Nc3ccccc3[C@H]2C(=O)N1. The summed E-state index contributed by atoms with van der Waals surface area (Å²) in [5.41, 5.74) is 2.91. The van der Waals surface area contributed by atoms with Crippen LogP contribution in [0.1, 0.15) is 23.3 Å². The molecule has 2 atom stereocenters. The highest BCUT2D eigenvalue weighted by atomic mass is 79.9. The van der Waals surface area contributed by atoms with Crippen molar-refractivity contribution < 1.29 is 4.79 Å². The van der Waals surface area contributed by atoms with Crippen LogP contribution in [0.25, 0.3) is 0 Å². The van der Waals surface area contributed by atoms with Gasteiger partial charge in [0.15, 0.2) is 11.2 Å². The number of rotatable bonds is 3. The van der Waals surface area contributed by atoms with Crippen LogP contribution in [0.2, 0.25) is 0 Å². The molecule has 0 bridgehead atoms. The van der Waals surface area contributed by atoms with Gasteiger partial charge < -0.3 is 10.6 Å². The lowest BCUT2D eigenvalue weighted by atomic mass is 9.97. The van der Waals surface area contributed by atoms with Crippen LogP contribution in [0.5, 0.6) is 0 Å². The van der Waals surface area contributed by atoms with E-state index in [1.165, 1.54) is 11.8 Å². The summed E-state index contributed by atoms with van der Waals surface area (Å²) in [5.74, 6) is 0.615. The third-order valence-corrected chi connectivity index (χ3v) is 5.62. The van der Waals surface area contributed by atoms with Crippen molar-refractivity contribution in [2.45, 2.75) is 12.2 Å². The highest BCUT2D eigenvalue weighted by Gasteiger charge is 2.41. The number of nitrogens with one attached hydrogen (secondary N) is 2. The average molecular weight is 429 g/mol. The number of carbonyl (C=O) groups is 1.